The Kier molecular flexibility index (Phi) is 5.48. The molecule has 4 heteroatoms. The molecule has 0 aliphatic heterocycles. The van der Waals surface area contributed by atoms with Gasteiger partial charge < -0.3 is 5.32 Å². The van der Waals surface area contributed by atoms with Crippen molar-refractivity contribution in [3.05, 3.63) is 33.4 Å². The molecule has 2 nitrogen and oxygen atoms in total. The minimum absolute atomic E-state index is 0.0504. The van der Waals surface area contributed by atoms with E-state index in [0.29, 0.717) is 10.7 Å². The molecule has 1 fully saturated rings. The van der Waals surface area contributed by atoms with Crippen molar-refractivity contribution in [2.75, 3.05) is 6.54 Å². The molecule has 0 bridgehead atoms. The number of amides is 1. The van der Waals surface area contributed by atoms with Gasteiger partial charge in [-0.15, -0.1) is 0 Å². The zero-order valence-corrected chi connectivity index (χ0v) is 13.9. The van der Waals surface area contributed by atoms with E-state index in [1.165, 1.54) is 25.7 Å². The third kappa shape index (κ3) is 4.23. The van der Waals surface area contributed by atoms with Crippen LogP contribution in [0.15, 0.2) is 24.3 Å². The predicted molar refractivity (Wildman–Crippen MR) is 86.2 cm³/mol. The molecule has 0 atom stereocenters. The fraction of sp³-hybridized carbons (Fsp3) is 0.500. The number of hydrogen-bond acceptors (Lipinski definition) is 1. The number of nitrogens with one attached hydrogen (secondary N) is 1. The zero-order valence-electron chi connectivity index (χ0n) is 10.2. The zero-order chi connectivity index (χ0) is 13.0. The summed E-state index contributed by atoms with van der Waals surface area (Å²) >= 11 is 5.88. The molecule has 0 unspecified atom stereocenters. The number of alkyl halides is 1. The number of hydrogen-bond donors (Lipinski definition) is 1. The number of carbonyl (C=O) groups excluding carboxylic acids is 1. The molecule has 1 saturated carbocycles. The molecule has 1 N–H and O–H groups in total. The van der Waals surface area contributed by atoms with Crippen LogP contribution in [0.1, 0.15) is 36.0 Å². The highest BCUT2D eigenvalue weighted by atomic mass is 127. The Morgan fingerprint density at radius 1 is 1.33 bits per heavy atom. The van der Waals surface area contributed by atoms with E-state index < -0.39 is 0 Å². The van der Waals surface area contributed by atoms with E-state index in [1.807, 2.05) is 24.3 Å². The third-order valence-electron chi connectivity index (χ3n) is 3.41. The molecule has 0 aromatic heterocycles. The molecule has 0 spiro atoms. The van der Waals surface area contributed by atoms with Crippen molar-refractivity contribution >= 4 is 44.4 Å². The molecular weight excluding hydrogens is 405 g/mol. The van der Waals surface area contributed by atoms with Crippen LogP contribution in [0.3, 0.4) is 0 Å². The van der Waals surface area contributed by atoms with E-state index in [-0.39, 0.29) is 5.91 Å². The average molecular weight is 422 g/mol. The number of rotatable bonds is 3. The highest BCUT2D eigenvalue weighted by Gasteiger charge is 2.19. The SMILES string of the molecule is O=C(NCC1CCC(Br)CC1)c1cccc(I)c1. The molecule has 1 amide bonds. The molecule has 1 aromatic carbocycles. The van der Waals surface area contributed by atoms with Gasteiger partial charge in [0.25, 0.3) is 5.91 Å². The van der Waals surface area contributed by atoms with E-state index >= 15 is 0 Å². The standard InChI is InChI=1S/C14H17BrINO/c15-12-6-4-10(5-7-12)9-17-14(18)11-2-1-3-13(16)8-11/h1-3,8,10,12H,4-7,9H2,(H,17,18). The first-order valence-electron chi connectivity index (χ1n) is 6.33. The van der Waals surface area contributed by atoms with Crippen LogP contribution in [0.4, 0.5) is 0 Å². The fourth-order valence-electron chi connectivity index (χ4n) is 2.29. The van der Waals surface area contributed by atoms with Crippen LogP contribution in [0, 0.1) is 9.49 Å². The fourth-order valence-corrected chi connectivity index (χ4v) is 3.37. The maximum atomic E-state index is 12.0. The topological polar surface area (TPSA) is 29.1 Å². The van der Waals surface area contributed by atoms with Crippen molar-refractivity contribution in [3.63, 3.8) is 0 Å². The summed E-state index contributed by atoms with van der Waals surface area (Å²) in [4.78, 5) is 12.7. The first-order valence-corrected chi connectivity index (χ1v) is 8.32. The van der Waals surface area contributed by atoms with Gasteiger partial charge in [-0.1, -0.05) is 22.0 Å². The van der Waals surface area contributed by atoms with Gasteiger partial charge in [0.15, 0.2) is 0 Å². The predicted octanol–water partition coefficient (Wildman–Crippen LogP) is 3.97. The van der Waals surface area contributed by atoms with Crippen molar-refractivity contribution in [2.45, 2.75) is 30.5 Å². The summed E-state index contributed by atoms with van der Waals surface area (Å²) in [6, 6.07) is 7.71. The van der Waals surface area contributed by atoms with Gasteiger partial charge >= 0.3 is 0 Å². The third-order valence-corrected chi connectivity index (χ3v) is 5.00. The molecule has 0 saturated heterocycles. The van der Waals surface area contributed by atoms with E-state index in [1.54, 1.807) is 0 Å². The van der Waals surface area contributed by atoms with Crippen LogP contribution in [-0.2, 0) is 0 Å². The highest BCUT2D eigenvalue weighted by Crippen LogP contribution is 2.28. The molecule has 1 aromatic rings. The van der Waals surface area contributed by atoms with Crippen LogP contribution in [0.25, 0.3) is 0 Å². The second kappa shape index (κ2) is 6.89. The Balaban J connectivity index is 1.81. The first-order chi connectivity index (χ1) is 8.65. The maximum Gasteiger partial charge on any atom is 0.251 e. The van der Waals surface area contributed by atoms with Gasteiger partial charge in [0.2, 0.25) is 0 Å². The van der Waals surface area contributed by atoms with Crippen LogP contribution in [-0.4, -0.2) is 17.3 Å². The lowest BCUT2D eigenvalue weighted by molar-refractivity contribution is 0.0944. The smallest absolute Gasteiger partial charge is 0.251 e. The highest BCUT2D eigenvalue weighted by molar-refractivity contribution is 14.1. The molecule has 1 aliphatic rings. The van der Waals surface area contributed by atoms with Gasteiger partial charge in [0.1, 0.15) is 0 Å². The lowest BCUT2D eigenvalue weighted by Gasteiger charge is -2.25. The Bertz CT molecular complexity index is 416. The minimum Gasteiger partial charge on any atom is -0.352 e. The van der Waals surface area contributed by atoms with Gasteiger partial charge in [-0.2, -0.15) is 0 Å². The molecule has 18 heavy (non-hydrogen) atoms. The normalized spacial score (nSPS) is 23.7. The van der Waals surface area contributed by atoms with Gasteiger partial charge in [-0.3, -0.25) is 4.79 Å². The average Bonchev–Trinajstić information content (AvgIpc) is 2.38. The largest absolute Gasteiger partial charge is 0.352 e. The molecule has 98 valence electrons. The Morgan fingerprint density at radius 3 is 2.72 bits per heavy atom. The van der Waals surface area contributed by atoms with E-state index in [0.717, 1.165) is 15.7 Å². The van der Waals surface area contributed by atoms with E-state index in [4.69, 9.17) is 0 Å². The summed E-state index contributed by atoms with van der Waals surface area (Å²) in [5.41, 5.74) is 0.760. The summed E-state index contributed by atoms with van der Waals surface area (Å²) < 4.78 is 1.10. The minimum atomic E-state index is 0.0504. The summed E-state index contributed by atoms with van der Waals surface area (Å²) in [5, 5.41) is 3.05. The molecule has 0 heterocycles. The van der Waals surface area contributed by atoms with Crippen molar-refractivity contribution in [1.82, 2.24) is 5.32 Å². The quantitative estimate of drug-likeness (QED) is 0.580. The van der Waals surface area contributed by atoms with Gasteiger partial charge in [-0.05, 0) is 72.4 Å². The summed E-state index contributed by atoms with van der Waals surface area (Å²) in [7, 11) is 0. The van der Waals surface area contributed by atoms with E-state index in [9.17, 15) is 4.79 Å². The lowest BCUT2D eigenvalue weighted by atomic mass is 9.89. The molecule has 1 aliphatic carbocycles. The number of carbonyl (C=O) groups is 1. The van der Waals surface area contributed by atoms with Gasteiger partial charge in [0, 0.05) is 20.5 Å². The Labute approximate surface area is 130 Å². The van der Waals surface area contributed by atoms with Crippen LogP contribution < -0.4 is 5.32 Å². The monoisotopic (exact) mass is 421 g/mol. The van der Waals surface area contributed by atoms with E-state index in [2.05, 4.69) is 43.8 Å². The Hall–Kier alpha value is -0.100. The molecule has 2 rings (SSSR count). The summed E-state index contributed by atoms with van der Waals surface area (Å²) in [6.45, 7) is 0.810. The Morgan fingerprint density at radius 2 is 2.06 bits per heavy atom. The lowest BCUT2D eigenvalue weighted by Crippen LogP contribution is -2.31. The van der Waals surface area contributed by atoms with Crippen molar-refractivity contribution in [3.8, 4) is 0 Å². The number of halogens is 2. The summed E-state index contributed by atoms with van der Waals surface area (Å²) in [6.07, 6.45) is 4.87. The molecular formula is C14H17BrINO. The van der Waals surface area contributed by atoms with Gasteiger partial charge in [-0.25, -0.2) is 0 Å². The second-order valence-corrected chi connectivity index (χ2v) is 7.38. The van der Waals surface area contributed by atoms with Crippen molar-refractivity contribution in [1.29, 1.82) is 0 Å². The van der Waals surface area contributed by atoms with Crippen LogP contribution in [0.5, 0.6) is 0 Å². The second-order valence-electron chi connectivity index (χ2n) is 4.84. The van der Waals surface area contributed by atoms with Crippen molar-refractivity contribution < 1.29 is 4.79 Å². The number of benzene rings is 1. The first kappa shape index (κ1) is 14.3. The van der Waals surface area contributed by atoms with Crippen molar-refractivity contribution in [2.24, 2.45) is 5.92 Å². The maximum absolute atomic E-state index is 12.0. The van der Waals surface area contributed by atoms with Crippen LogP contribution in [0.2, 0.25) is 0 Å². The summed E-state index contributed by atoms with van der Waals surface area (Å²) in [5.74, 6) is 0.694. The molecule has 0 radical (unpaired) electrons. The van der Waals surface area contributed by atoms with Crippen LogP contribution >= 0.6 is 38.5 Å². The van der Waals surface area contributed by atoms with Gasteiger partial charge in [0.05, 0.1) is 0 Å².